The van der Waals surface area contributed by atoms with E-state index in [4.69, 9.17) is 11.5 Å². The number of hydrogen-bond donors (Lipinski definition) is 4. The lowest BCUT2D eigenvalue weighted by molar-refractivity contribution is -0.139. The number of aliphatic carboxylic acids is 1. The summed E-state index contributed by atoms with van der Waals surface area (Å²) in [6.45, 7) is 5.05. The van der Waals surface area contributed by atoms with E-state index in [1.165, 1.54) is 0 Å². The molecule has 19 heavy (non-hydrogen) atoms. The van der Waals surface area contributed by atoms with Crippen LogP contribution in [0.5, 0.6) is 0 Å². The third-order valence-electron chi connectivity index (χ3n) is 2.85. The summed E-state index contributed by atoms with van der Waals surface area (Å²) in [6.07, 6.45) is 5.02. The van der Waals surface area contributed by atoms with Crippen LogP contribution in [0.4, 0.5) is 4.79 Å². The molecule has 1 atom stereocenters. The summed E-state index contributed by atoms with van der Waals surface area (Å²) in [4.78, 5) is 24.5. The molecule has 106 valence electrons. The number of carbonyl (C=O) groups excluding carboxylic acids is 1. The van der Waals surface area contributed by atoms with Gasteiger partial charge < -0.3 is 21.1 Å². The average Bonchev–Trinajstić information content (AvgIpc) is 2.39. The van der Waals surface area contributed by atoms with E-state index in [1.807, 2.05) is 0 Å². The van der Waals surface area contributed by atoms with Gasteiger partial charge in [0.2, 0.25) is 0 Å². The molecule has 7 heteroatoms. The Morgan fingerprint density at radius 2 is 2.11 bits per heavy atom. The van der Waals surface area contributed by atoms with E-state index in [9.17, 15) is 9.59 Å². The van der Waals surface area contributed by atoms with E-state index in [0.29, 0.717) is 6.54 Å². The van der Waals surface area contributed by atoms with Crippen molar-refractivity contribution in [3.8, 4) is 12.3 Å². The fourth-order valence-corrected chi connectivity index (χ4v) is 1.79. The Bertz CT molecular complexity index is 347. The normalized spacial score (nSPS) is 17.2. The van der Waals surface area contributed by atoms with Gasteiger partial charge in [-0.3, -0.25) is 4.90 Å². The van der Waals surface area contributed by atoms with Crippen molar-refractivity contribution in [1.29, 1.82) is 0 Å². The fraction of sp³-hybridized carbons (Fsp3) is 0.667. The number of carboxylic acid groups (broad SMARTS) is 1. The Kier molecular flexibility index (Phi) is 6.71. The zero-order valence-electron chi connectivity index (χ0n) is 10.8. The van der Waals surface area contributed by atoms with Crippen molar-refractivity contribution < 1.29 is 14.7 Å². The smallest absolute Gasteiger partial charge is 0.327 e. The summed E-state index contributed by atoms with van der Waals surface area (Å²) in [5, 5.41) is 17.0. The highest BCUT2D eigenvalue weighted by Crippen LogP contribution is 1.92. The molecule has 1 saturated heterocycles. The minimum Gasteiger partial charge on any atom is -0.480 e. The van der Waals surface area contributed by atoms with E-state index in [-0.39, 0.29) is 6.42 Å². The highest BCUT2D eigenvalue weighted by molar-refractivity contribution is 5.82. The van der Waals surface area contributed by atoms with Crippen LogP contribution in [0.2, 0.25) is 0 Å². The first-order valence-corrected chi connectivity index (χ1v) is 6.27. The maximum absolute atomic E-state index is 11.5. The zero-order chi connectivity index (χ0) is 14.1. The van der Waals surface area contributed by atoms with Crippen LogP contribution in [0.25, 0.3) is 0 Å². The number of nitrogens with one attached hydrogen (secondary N) is 3. The quantitative estimate of drug-likeness (QED) is 0.448. The second-order valence-corrected chi connectivity index (χ2v) is 4.29. The molecule has 0 saturated carbocycles. The molecule has 0 aromatic heterocycles. The van der Waals surface area contributed by atoms with Crippen LogP contribution >= 0.6 is 0 Å². The minimum atomic E-state index is -1.13. The van der Waals surface area contributed by atoms with Gasteiger partial charge in [-0.25, -0.2) is 9.59 Å². The van der Waals surface area contributed by atoms with Gasteiger partial charge in [-0.2, -0.15) is 0 Å². The topological polar surface area (TPSA) is 93.7 Å². The predicted molar refractivity (Wildman–Crippen MR) is 70.7 cm³/mol. The highest BCUT2D eigenvalue weighted by Gasteiger charge is 2.18. The number of carbonyl (C=O) groups is 2. The summed E-state index contributed by atoms with van der Waals surface area (Å²) >= 11 is 0. The molecule has 1 heterocycles. The van der Waals surface area contributed by atoms with Gasteiger partial charge in [0.15, 0.2) is 0 Å². The lowest BCUT2D eigenvalue weighted by atomic mass is 10.2. The molecular weight excluding hydrogens is 248 g/mol. The molecule has 4 N–H and O–H groups in total. The van der Waals surface area contributed by atoms with Gasteiger partial charge in [0.1, 0.15) is 6.04 Å². The Hall–Kier alpha value is -1.78. The van der Waals surface area contributed by atoms with Crippen molar-refractivity contribution in [3.05, 3.63) is 0 Å². The lowest BCUT2D eigenvalue weighted by Gasteiger charge is -2.27. The second kappa shape index (κ2) is 8.34. The van der Waals surface area contributed by atoms with Gasteiger partial charge in [0.25, 0.3) is 0 Å². The molecule has 1 unspecified atom stereocenters. The summed E-state index contributed by atoms with van der Waals surface area (Å²) in [5.41, 5.74) is 0. The largest absolute Gasteiger partial charge is 0.480 e. The lowest BCUT2D eigenvalue weighted by Crippen LogP contribution is -2.49. The number of rotatable bonds is 6. The van der Waals surface area contributed by atoms with Crippen LogP contribution in [0.15, 0.2) is 0 Å². The Balaban J connectivity index is 2.19. The van der Waals surface area contributed by atoms with Crippen LogP contribution < -0.4 is 16.0 Å². The molecule has 0 bridgehead atoms. The molecule has 1 aliphatic rings. The Morgan fingerprint density at radius 1 is 1.42 bits per heavy atom. The van der Waals surface area contributed by atoms with Crippen molar-refractivity contribution >= 4 is 12.0 Å². The third-order valence-corrected chi connectivity index (χ3v) is 2.85. The van der Waals surface area contributed by atoms with E-state index in [2.05, 4.69) is 26.8 Å². The van der Waals surface area contributed by atoms with Gasteiger partial charge in [-0.05, 0) is 0 Å². The number of hydrogen-bond acceptors (Lipinski definition) is 4. The van der Waals surface area contributed by atoms with Crippen molar-refractivity contribution in [2.45, 2.75) is 12.5 Å². The number of piperazine rings is 1. The van der Waals surface area contributed by atoms with Gasteiger partial charge in [0, 0.05) is 45.7 Å². The van der Waals surface area contributed by atoms with Crippen LogP contribution in [0, 0.1) is 12.3 Å². The van der Waals surface area contributed by atoms with Gasteiger partial charge in [-0.1, -0.05) is 0 Å². The predicted octanol–water partition coefficient (Wildman–Crippen LogP) is -1.33. The molecule has 0 aromatic carbocycles. The first-order valence-electron chi connectivity index (χ1n) is 6.27. The molecular formula is C12H20N4O3. The van der Waals surface area contributed by atoms with Crippen molar-refractivity contribution in [3.63, 3.8) is 0 Å². The fourth-order valence-electron chi connectivity index (χ4n) is 1.79. The summed E-state index contributed by atoms with van der Waals surface area (Å²) < 4.78 is 0. The van der Waals surface area contributed by atoms with Gasteiger partial charge in [-0.15, -0.1) is 12.3 Å². The second-order valence-electron chi connectivity index (χ2n) is 4.29. The monoisotopic (exact) mass is 268 g/mol. The molecule has 0 aliphatic carbocycles. The minimum absolute atomic E-state index is 0.0272. The van der Waals surface area contributed by atoms with E-state index >= 15 is 0 Å². The SMILES string of the molecule is C#CCC(NC(=O)NCCN1CCNCC1)C(=O)O. The first-order chi connectivity index (χ1) is 9.13. The third kappa shape index (κ3) is 6.08. The number of amides is 2. The van der Waals surface area contributed by atoms with Crippen LogP contribution in [0.3, 0.4) is 0 Å². The molecule has 1 aliphatic heterocycles. The van der Waals surface area contributed by atoms with E-state index < -0.39 is 18.0 Å². The first kappa shape index (κ1) is 15.3. The maximum Gasteiger partial charge on any atom is 0.327 e. The van der Waals surface area contributed by atoms with Crippen molar-refractivity contribution in [2.75, 3.05) is 39.3 Å². The zero-order valence-corrected chi connectivity index (χ0v) is 10.8. The standard InChI is InChI=1S/C12H20N4O3/c1-2-3-10(11(17)18)15-12(19)14-6-9-16-7-4-13-5-8-16/h1,10,13H,3-9H2,(H,17,18)(H2,14,15,19). The molecule has 0 radical (unpaired) electrons. The molecule has 1 rings (SSSR count). The Labute approximate surface area is 112 Å². The molecule has 7 nitrogen and oxygen atoms in total. The molecule has 0 spiro atoms. The van der Waals surface area contributed by atoms with E-state index in [1.54, 1.807) is 0 Å². The van der Waals surface area contributed by atoms with Crippen LogP contribution in [-0.4, -0.2) is 67.3 Å². The summed E-state index contributed by atoms with van der Waals surface area (Å²) in [6, 6.07) is -1.54. The summed E-state index contributed by atoms with van der Waals surface area (Å²) in [7, 11) is 0. The molecule has 2 amide bonds. The van der Waals surface area contributed by atoms with Crippen molar-refractivity contribution in [1.82, 2.24) is 20.9 Å². The molecule has 0 aromatic rings. The van der Waals surface area contributed by atoms with Gasteiger partial charge in [0.05, 0.1) is 0 Å². The maximum atomic E-state index is 11.5. The number of terminal acetylenes is 1. The molecule has 1 fully saturated rings. The average molecular weight is 268 g/mol. The van der Waals surface area contributed by atoms with Crippen LogP contribution in [0.1, 0.15) is 6.42 Å². The number of urea groups is 1. The van der Waals surface area contributed by atoms with Crippen LogP contribution in [-0.2, 0) is 4.79 Å². The number of nitrogens with zero attached hydrogens (tertiary/aromatic N) is 1. The Morgan fingerprint density at radius 3 is 2.68 bits per heavy atom. The highest BCUT2D eigenvalue weighted by atomic mass is 16.4. The number of carboxylic acids is 1. The van der Waals surface area contributed by atoms with Crippen molar-refractivity contribution in [2.24, 2.45) is 0 Å². The summed E-state index contributed by atoms with van der Waals surface area (Å²) in [5.74, 6) is 1.09. The van der Waals surface area contributed by atoms with E-state index in [0.717, 1.165) is 32.7 Å². The van der Waals surface area contributed by atoms with Gasteiger partial charge >= 0.3 is 12.0 Å².